The highest BCUT2D eigenvalue weighted by Gasteiger charge is 2.35. The van der Waals surface area contributed by atoms with Gasteiger partial charge in [-0.15, -0.1) is 6.58 Å². The Labute approximate surface area is 240 Å². The molecule has 0 aliphatic carbocycles. The molecule has 0 bridgehead atoms. The largest absolute Gasteiger partial charge is 0.359 e. The molecule has 4 rings (SSSR count). The Morgan fingerprint density at radius 2 is 1.82 bits per heavy atom. The van der Waals surface area contributed by atoms with Gasteiger partial charge in [0.05, 0.1) is 22.8 Å². The summed E-state index contributed by atoms with van der Waals surface area (Å²) in [5.74, 6) is 0.128. The van der Waals surface area contributed by atoms with E-state index >= 15 is 0 Å². The van der Waals surface area contributed by atoms with Crippen molar-refractivity contribution in [3.63, 3.8) is 0 Å². The van der Waals surface area contributed by atoms with Crippen LogP contribution in [0.4, 0.5) is 10.5 Å². The zero-order valence-electron chi connectivity index (χ0n) is 21.9. The van der Waals surface area contributed by atoms with E-state index in [9.17, 15) is 19.2 Å². The van der Waals surface area contributed by atoms with E-state index in [1.807, 2.05) is 6.07 Å². The molecule has 2 aromatic carbocycles. The Hall–Kier alpha value is -3.74. The summed E-state index contributed by atoms with van der Waals surface area (Å²) < 4.78 is 0. The highest BCUT2D eigenvalue weighted by atomic mass is 33.1. The van der Waals surface area contributed by atoms with Crippen molar-refractivity contribution in [2.45, 2.75) is 6.04 Å². The van der Waals surface area contributed by atoms with Gasteiger partial charge in [-0.2, -0.15) is 0 Å². The number of aromatic nitrogens is 1. The predicted octanol–water partition coefficient (Wildman–Crippen LogP) is 3.35. The fourth-order valence-corrected chi connectivity index (χ4v) is 6.21. The molecule has 2 heterocycles. The number of urea groups is 1. The minimum atomic E-state index is -0.672. The molecule has 210 valence electrons. The summed E-state index contributed by atoms with van der Waals surface area (Å²) in [6.45, 7) is 5.69. The van der Waals surface area contributed by atoms with Crippen molar-refractivity contribution >= 4 is 61.8 Å². The molecule has 12 heteroatoms. The molecule has 1 aliphatic heterocycles. The Kier molecular flexibility index (Phi) is 10.3. The molecule has 0 radical (unpaired) electrons. The molecule has 1 aromatic heterocycles. The van der Waals surface area contributed by atoms with Crippen LogP contribution in [-0.2, 0) is 4.79 Å². The quantitative estimate of drug-likeness (QED) is 0.0896. The van der Waals surface area contributed by atoms with Crippen LogP contribution in [0.5, 0.6) is 0 Å². The molecule has 40 heavy (non-hydrogen) atoms. The average molecular weight is 581 g/mol. The summed E-state index contributed by atoms with van der Waals surface area (Å²) in [4.78, 5) is 58.2. The van der Waals surface area contributed by atoms with Crippen LogP contribution in [0.25, 0.3) is 10.9 Å². The van der Waals surface area contributed by atoms with Gasteiger partial charge in [0, 0.05) is 61.4 Å². The smallest absolute Gasteiger partial charge is 0.319 e. The molecule has 10 nitrogen and oxygen atoms in total. The number of hydrogen-bond acceptors (Lipinski definition) is 7. The standard InChI is InChI=1S/C28H32N6O4S2/c1-2-20-18-33(26(36)19-7-4-3-5-8-19)13-14-34(20)27(37)25(35)22-17-31-24-21(22)9-6-10-23(24)32-28(38)30-12-16-40-39-15-11-29/h2-10,17,20,31H,1,11-16,18,29H2,(H2,30,32,38). The number of anilines is 1. The molecule has 0 spiro atoms. The average Bonchev–Trinajstić information content (AvgIpc) is 3.43. The summed E-state index contributed by atoms with van der Waals surface area (Å²) >= 11 is 0. The normalized spacial score (nSPS) is 15.1. The zero-order valence-corrected chi connectivity index (χ0v) is 23.6. The van der Waals surface area contributed by atoms with Gasteiger partial charge in [-0.25, -0.2) is 4.79 Å². The lowest BCUT2D eigenvalue weighted by molar-refractivity contribution is -0.129. The number of carbonyl (C=O) groups excluding carboxylic acids is 4. The number of fused-ring (bicyclic) bond motifs is 1. The van der Waals surface area contributed by atoms with Crippen LogP contribution in [0, 0.1) is 0 Å². The maximum absolute atomic E-state index is 13.4. The topological polar surface area (TPSA) is 141 Å². The molecule has 1 fully saturated rings. The Balaban J connectivity index is 1.40. The summed E-state index contributed by atoms with van der Waals surface area (Å²) in [5.41, 5.74) is 7.28. The van der Waals surface area contributed by atoms with E-state index < -0.39 is 17.7 Å². The number of piperazine rings is 1. The third-order valence-corrected chi connectivity index (χ3v) is 8.86. The molecular weight excluding hydrogens is 548 g/mol. The fourth-order valence-electron chi connectivity index (χ4n) is 4.44. The molecule has 0 saturated carbocycles. The second kappa shape index (κ2) is 14.1. The van der Waals surface area contributed by atoms with E-state index in [2.05, 4.69) is 22.2 Å². The molecule has 1 saturated heterocycles. The van der Waals surface area contributed by atoms with Gasteiger partial charge in [-0.3, -0.25) is 14.4 Å². The van der Waals surface area contributed by atoms with Crippen molar-refractivity contribution in [1.82, 2.24) is 20.1 Å². The number of rotatable bonds is 11. The van der Waals surface area contributed by atoms with Crippen LogP contribution in [0.15, 0.2) is 67.4 Å². The lowest BCUT2D eigenvalue weighted by Crippen LogP contribution is -2.57. The molecule has 4 amide bonds. The second-order valence-electron chi connectivity index (χ2n) is 8.99. The van der Waals surface area contributed by atoms with Gasteiger partial charge in [0.1, 0.15) is 0 Å². The lowest BCUT2D eigenvalue weighted by Gasteiger charge is -2.39. The van der Waals surface area contributed by atoms with E-state index in [0.29, 0.717) is 41.8 Å². The minimum Gasteiger partial charge on any atom is -0.359 e. The van der Waals surface area contributed by atoms with Gasteiger partial charge < -0.3 is 31.2 Å². The Morgan fingerprint density at radius 1 is 1.05 bits per heavy atom. The third-order valence-electron chi connectivity index (χ3n) is 6.42. The van der Waals surface area contributed by atoms with Crippen LogP contribution in [0.3, 0.4) is 0 Å². The van der Waals surface area contributed by atoms with Crippen molar-refractivity contribution < 1.29 is 19.2 Å². The van der Waals surface area contributed by atoms with Gasteiger partial charge in [-0.05, 0) is 18.2 Å². The summed E-state index contributed by atoms with van der Waals surface area (Å²) in [7, 11) is 3.30. The number of nitrogens with one attached hydrogen (secondary N) is 3. The number of nitrogens with two attached hydrogens (primary N) is 1. The third kappa shape index (κ3) is 6.87. The van der Waals surface area contributed by atoms with Gasteiger partial charge >= 0.3 is 6.03 Å². The van der Waals surface area contributed by atoms with E-state index in [4.69, 9.17) is 5.73 Å². The van der Waals surface area contributed by atoms with Crippen LogP contribution in [-0.4, -0.2) is 88.7 Å². The first-order chi connectivity index (χ1) is 19.4. The fraction of sp³-hybridized carbons (Fsp3) is 0.286. The Bertz CT molecular complexity index is 1380. The van der Waals surface area contributed by atoms with Crippen molar-refractivity contribution in [3.8, 4) is 0 Å². The molecular formula is C28H32N6O4S2. The van der Waals surface area contributed by atoms with Crippen molar-refractivity contribution in [3.05, 3.63) is 78.5 Å². The Morgan fingerprint density at radius 3 is 2.58 bits per heavy atom. The molecule has 1 unspecified atom stereocenters. The highest BCUT2D eigenvalue weighted by molar-refractivity contribution is 8.76. The van der Waals surface area contributed by atoms with Crippen LogP contribution in [0.2, 0.25) is 0 Å². The number of hydrogen-bond donors (Lipinski definition) is 4. The van der Waals surface area contributed by atoms with Gasteiger partial charge in [0.25, 0.3) is 17.6 Å². The van der Waals surface area contributed by atoms with Crippen LogP contribution in [0.1, 0.15) is 20.7 Å². The number of nitrogens with zero attached hydrogens (tertiary/aromatic N) is 2. The number of H-pyrrole nitrogens is 1. The first-order valence-electron chi connectivity index (χ1n) is 12.9. The van der Waals surface area contributed by atoms with E-state index in [0.717, 1.165) is 11.5 Å². The second-order valence-corrected chi connectivity index (χ2v) is 11.7. The maximum Gasteiger partial charge on any atom is 0.319 e. The summed E-state index contributed by atoms with van der Waals surface area (Å²) in [5, 5.41) is 6.13. The van der Waals surface area contributed by atoms with E-state index in [1.165, 1.54) is 11.1 Å². The van der Waals surface area contributed by atoms with Gasteiger partial charge in [-0.1, -0.05) is 58.0 Å². The number of para-hydroxylation sites is 1. The summed E-state index contributed by atoms with van der Waals surface area (Å²) in [6.07, 6.45) is 3.07. The number of ketones is 1. The van der Waals surface area contributed by atoms with Gasteiger partial charge in [0.2, 0.25) is 0 Å². The first kappa shape index (κ1) is 29.2. The van der Waals surface area contributed by atoms with Crippen molar-refractivity contribution in [2.24, 2.45) is 5.73 Å². The van der Waals surface area contributed by atoms with E-state index in [-0.39, 0.29) is 30.6 Å². The van der Waals surface area contributed by atoms with Crippen molar-refractivity contribution in [1.29, 1.82) is 0 Å². The SMILES string of the molecule is C=CC1CN(C(=O)c2ccccc2)CCN1C(=O)C(=O)c1c[nH]c2c(NC(=O)NCCSSCCN)cccc12. The first-order valence-corrected chi connectivity index (χ1v) is 15.3. The molecule has 1 atom stereocenters. The maximum atomic E-state index is 13.4. The summed E-state index contributed by atoms with van der Waals surface area (Å²) in [6, 6.07) is 13.2. The van der Waals surface area contributed by atoms with E-state index in [1.54, 1.807) is 75.0 Å². The molecule has 3 aromatic rings. The number of benzene rings is 2. The molecule has 1 aliphatic rings. The lowest BCUT2D eigenvalue weighted by atomic mass is 10.0. The van der Waals surface area contributed by atoms with Crippen molar-refractivity contribution in [2.75, 3.05) is 49.5 Å². The number of aromatic amines is 1. The minimum absolute atomic E-state index is 0.129. The molecule has 5 N–H and O–H groups in total. The number of Topliss-reactive ketones (excluding diaryl/α,β-unsaturated/α-hetero) is 1. The number of carbonyl (C=O) groups is 4. The predicted molar refractivity (Wildman–Crippen MR) is 162 cm³/mol. The monoisotopic (exact) mass is 580 g/mol. The van der Waals surface area contributed by atoms with Gasteiger partial charge in [0.15, 0.2) is 0 Å². The highest BCUT2D eigenvalue weighted by Crippen LogP contribution is 2.27. The van der Waals surface area contributed by atoms with Crippen LogP contribution < -0.4 is 16.4 Å². The zero-order chi connectivity index (χ0) is 28.5. The van der Waals surface area contributed by atoms with Crippen LogP contribution >= 0.6 is 21.6 Å². The number of amides is 4.